The molecule has 0 radical (unpaired) electrons. The molecule has 0 saturated carbocycles. The van der Waals surface area contributed by atoms with Crippen molar-refractivity contribution >= 4 is 5.91 Å². The van der Waals surface area contributed by atoms with Crippen LogP contribution in [0.4, 0.5) is 0 Å². The number of methoxy groups -OCH3 is 1. The third-order valence-corrected chi connectivity index (χ3v) is 2.83. The van der Waals surface area contributed by atoms with Gasteiger partial charge in [0.15, 0.2) is 5.89 Å². The Hall–Kier alpha value is -2.50. The number of benzene rings is 1. The average molecular weight is 290 g/mol. The zero-order valence-electron chi connectivity index (χ0n) is 12.3. The summed E-state index contributed by atoms with van der Waals surface area (Å²) in [6.45, 7) is 4.18. The quantitative estimate of drug-likeness (QED) is 0.825. The fourth-order valence-corrected chi connectivity index (χ4v) is 1.83. The van der Waals surface area contributed by atoms with Crippen molar-refractivity contribution in [3.8, 4) is 11.5 Å². The van der Waals surface area contributed by atoms with Gasteiger partial charge in [-0.25, -0.2) is 4.98 Å². The van der Waals surface area contributed by atoms with Crippen molar-refractivity contribution in [3.05, 3.63) is 41.6 Å². The largest absolute Gasteiger partial charge is 0.497 e. The molecule has 1 aromatic carbocycles. The number of aryl methyl sites for hydroxylation is 2. The van der Waals surface area contributed by atoms with Gasteiger partial charge in [0.1, 0.15) is 18.1 Å². The number of nitrogens with zero attached hydrogens (tertiary/aromatic N) is 1. The molecule has 0 bridgehead atoms. The van der Waals surface area contributed by atoms with Crippen LogP contribution < -0.4 is 14.8 Å². The van der Waals surface area contributed by atoms with Gasteiger partial charge < -0.3 is 19.2 Å². The van der Waals surface area contributed by atoms with E-state index in [2.05, 4.69) is 10.3 Å². The number of hydrogen-bond acceptors (Lipinski definition) is 5. The maximum atomic E-state index is 11.9. The number of amides is 1. The fourth-order valence-electron chi connectivity index (χ4n) is 1.83. The first-order chi connectivity index (χ1) is 10.1. The molecule has 0 saturated heterocycles. The topological polar surface area (TPSA) is 73.6 Å². The Balaban J connectivity index is 1.76. The monoisotopic (exact) mass is 290 g/mol. The van der Waals surface area contributed by atoms with Gasteiger partial charge in [-0.3, -0.25) is 4.79 Å². The zero-order chi connectivity index (χ0) is 15.2. The summed E-state index contributed by atoms with van der Waals surface area (Å²) in [6.07, 6.45) is 0. The standard InChI is InChI=1S/C15H18N2O4/c1-10-14(21-11(2)17-10)15(18)16-8-9-20-13-6-4-12(19-3)5-7-13/h4-7H,8-9H2,1-3H3,(H,16,18). The van der Waals surface area contributed by atoms with Crippen molar-refractivity contribution in [2.24, 2.45) is 0 Å². The predicted molar refractivity (Wildman–Crippen MR) is 76.8 cm³/mol. The van der Waals surface area contributed by atoms with E-state index in [0.717, 1.165) is 11.5 Å². The second-order valence-electron chi connectivity index (χ2n) is 4.43. The van der Waals surface area contributed by atoms with E-state index in [1.165, 1.54) is 0 Å². The van der Waals surface area contributed by atoms with E-state index in [-0.39, 0.29) is 11.7 Å². The average Bonchev–Trinajstić information content (AvgIpc) is 2.83. The number of carbonyl (C=O) groups excluding carboxylic acids is 1. The number of hydrogen-bond donors (Lipinski definition) is 1. The smallest absolute Gasteiger partial charge is 0.289 e. The molecule has 6 nitrogen and oxygen atoms in total. The molecular weight excluding hydrogens is 272 g/mol. The van der Waals surface area contributed by atoms with Crippen molar-refractivity contribution in [1.82, 2.24) is 10.3 Å². The van der Waals surface area contributed by atoms with Crippen LogP contribution in [0.2, 0.25) is 0 Å². The minimum Gasteiger partial charge on any atom is -0.497 e. The first-order valence-electron chi connectivity index (χ1n) is 6.59. The molecule has 0 fully saturated rings. The highest BCUT2D eigenvalue weighted by atomic mass is 16.5. The maximum absolute atomic E-state index is 11.9. The zero-order valence-corrected chi connectivity index (χ0v) is 12.3. The van der Waals surface area contributed by atoms with Gasteiger partial charge in [0.25, 0.3) is 5.91 Å². The molecule has 0 spiro atoms. The van der Waals surface area contributed by atoms with Crippen LogP contribution in [0.15, 0.2) is 28.7 Å². The molecule has 6 heteroatoms. The third kappa shape index (κ3) is 3.98. The van der Waals surface area contributed by atoms with Crippen LogP contribution in [0.25, 0.3) is 0 Å². The summed E-state index contributed by atoms with van der Waals surface area (Å²) >= 11 is 0. The van der Waals surface area contributed by atoms with Gasteiger partial charge in [0.2, 0.25) is 5.76 Å². The normalized spacial score (nSPS) is 10.2. The van der Waals surface area contributed by atoms with E-state index in [0.29, 0.717) is 24.7 Å². The lowest BCUT2D eigenvalue weighted by Crippen LogP contribution is -2.28. The summed E-state index contributed by atoms with van der Waals surface area (Å²) in [5.74, 6) is 1.93. The molecule has 21 heavy (non-hydrogen) atoms. The lowest BCUT2D eigenvalue weighted by molar-refractivity contribution is 0.0917. The molecule has 0 aliphatic carbocycles. The summed E-state index contributed by atoms with van der Waals surface area (Å²) < 4.78 is 15.8. The van der Waals surface area contributed by atoms with Crippen LogP contribution in [0.1, 0.15) is 22.1 Å². The highest BCUT2D eigenvalue weighted by Crippen LogP contribution is 2.16. The van der Waals surface area contributed by atoms with Crippen LogP contribution in [-0.2, 0) is 0 Å². The Labute approximate surface area is 123 Å². The van der Waals surface area contributed by atoms with Gasteiger partial charge in [-0.15, -0.1) is 0 Å². The van der Waals surface area contributed by atoms with Gasteiger partial charge >= 0.3 is 0 Å². The summed E-state index contributed by atoms with van der Waals surface area (Å²) in [5.41, 5.74) is 0.584. The Kier molecular flexibility index (Phi) is 4.81. The van der Waals surface area contributed by atoms with Crippen LogP contribution in [0, 0.1) is 13.8 Å². The van der Waals surface area contributed by atoms with Crippen molar-refractivity contribution < 1.29 is 18.7 Å². The van der Waals surface area contributed by atoms with E-state index in [1.54, 1.807) is 21.0 Å². The van der Waals surface area contributed by atoms with Crippen LogP contribution >= 0.6 is 0 Å². The van der Waals surface area contributed by atoms with Crippen molar-refractivity contribution in [2.45, 2.75) is 13.8 Å². The summed E-state index contributed by atoms with van der Waals surface area (Å²) in [5, 5.41) is 2.72. The van der Waals surface area contributed by atoms with Crippen molar-refractivity contribution in [2.75, 3.05) is 20.3 Å². The van der Waals surface area contributed by atoms with E-state index in [4.69, 9.17) is 13.9 Å². The Morgan fingerprint density at radius 2 is 1.90 bits per heavy atom. The fraction of sp³-hybridized carbons (Fsp3) is 0.333. The predicted octanol–water partition coefficient (Wildman–Crippen LogP) is 2.11. The van der Waals surface area contributed by atoms with Crippen LogP contribution in [-0.4, -0.2) is 31.2 Å². The van der Waals surface area contributed by atoms with Crippen LogP contribution in [0.5, 0.6) is 11.5 Å². The second-order valence-corrected chi connectivity index (χ2v) is 4.43. The van der Waals surface area contributed by atoms with Gasteiger partial charge in [0, 0.05) is 6.92 Å². The molecule has 0 aliphatic rings. The number of nitrogens with one attached hydrogen (secondary N) is 1. The van der Waals surface area contributed by atoms with E-state index in [1.807, 2.05) is 24.3 Å². The van der Waals surface area contributed by atoms with Gasteiger partial charge in [0.05, 0.1) is 19.3 Å². The Morgan fingerprint density at radius 1 is 1.24 bits per heavy atom. The van der Waals surface area contributed by atoms with Crippen LogP contribution in [0.3, 0.4) is 0 Å². The van der Waals surface area contributed by atoms with E-state index >= 15 is 0 Å². The van der Waals surface area contributed by atoms with Crippen molar-refractivity contribution in [3.63, 3.8) is 0 Å². The minimum atomic E-state index is -0.286. The molecule has 1 N–H and O–H groups in total. The SMILES string of the molecule is COc1ccc(OCCNC(=O)c2oc(C)nc2C)cc1. The molecule has 0 aliphatic heterocycles. The summed E-state index contributed by atoms with van der Waals surface area (Å²) in [7, 11) is 1.61. The lowest BCUT2D eigenvalue weighted by atomic mass is 10.3. The van der Waals surface area contributed by atoms with E-state index in [9.17, 15) is 4.79 Å². The highest BCUT2D eigenvalue weighted by Gasteiger charge is 2.14. The lowest BCUT2D eigenvalue weighted by Gasteiger charge is -2.07. The number of ether oxygens (including phenoxy) is 2. The number of aromatic nitrogens is 1. The summed E-state index contributed by atoms with van der Waals surface area (Å²) in [6, 6.07) is 7.25. The van der Waals surface area contributed by atoms with Gasteiger partial charge in [-0.2, -0.15) is 0 Å². The molecule has 0 unspecified atom stereocenters. The first-order valence-corrected chi connectivity index (χ1v) is 6.59. The molecule has 2 rings (SSSR count). The third-order valence-electron chi connectivity index (χ3n) is 2.83. The summed E-state index contributed by atoms with van der Waals surface area (Å²) in [4.78, 5) is 15.9. The molecular formula is C15H18N2O4. The van der Waals surface area contributed by atoms with Gasteiger partial charge in [-0.1, -0.05) is 0 Å². The number of rotatable bonds is 6. The molecule has 2 aromatic rings. The number of carbonyl (C=O) groups is 1. The Bertz CT molecular complexity index is 605. The number of oxazole rings is 1. The molecule has 1 amide bonds. The van der Waals surface area contributed by atoms with Gasteiger partial charge in [-0.05, 0) is 31.2 Å². The maximum Gasteiger partial charge on any atom is 0.289 e. The second kappa shape index (κ2) is 6.78. The molecule has 1 heterocycles. The first kappa shape index (κ1) is 14.9. The van der Waals surface area contributed by atoms with E-state index < -0.39 is 0 Å². The molecule has 0 atom stereocenters. The Morgan fingerprint density at radius 3 is 2.48 bits per heavy atom. The van der Waals surface area contributed by atoms with Crippen molar-refractivity contribution in [1.29, 1.82) is 0 Å². The molecule has 112 valence electrons. The molecule has 1 aromatic heterocycles. The highest BCUT2D eigenvalue weighted by molar-refractivity contribution is 5.92. The minimum absolute atomic E-state index is 0.247.